The minimum atomic E-state index is 0.00651. The Labute approximate surface area is 126 Å². The van der Waals surface area contributed by atoms with E-state index < -0.39 is 0 Å². The molecule has 1 aromatic heterocycles. The van der Waals surface area contributed by atoms with Crippen LogP contribution in [0.1, 0.15) is 42.2 Å². The van der Waals surface area contributed by atoms with Gasteiger partial charge >= 0.3 is 0 Å². The molecule has 2 N–H and O–H groups in total. The largest absolute Gasteiger partial charge is 0.384 e. The molecule has 0 bridgehead atoms. The molecule has 1 aliphatic heterocycles. The van der Waals surface area contributed by atoms with E-state index in [1.165, 1.54) is 0 Å². The molecule has 2 rings (SSSR count). The summed E-state index contributed by atoms with van der Waals surface area (Å²) in [6, 6.07) is 3.52. The summed E-state index contributed by atoms with van der Waals surface area (Å²) in [5, 5.41) is 0. The molecule has 0 spiro atoms. The second-order valence-electron chi connectivity index (χ2n) is 5.79. The van der Waals surface area contributed by atoms with E-state index in [9.17, 15) is 4.79 Å². The molecule has 0 aromatic carbocycles. The Morgan fingerprint density at radius 3 is 3.00 bits per heavy atom. The van der Waals surface area contributed by atoms with Gasteiger partial charge in [0.1, 0.15) is 5.82 Å². The number of carbonyl (C=O) groups excluding carboxylic acids is 1. The zero-order chi connectivity index (χ0) is 15.2. The average molecular weight is 291 g/mol. The first-order chi connectivity index (χ1) is 10.1. The topological polar surface area (TPSA) is 68.5 Å². The lowest BCUT2D eigenvalue weighted by atomic mass is 10.0. The summed E-state index contributed by atoms with van der Waals surface area (Å²) in [6.07, 6.45) is 4.03. The van der Waals surface area contributed by atoms with Crippen LogP contribution in [0.15, 0.2) is 12.1 Å². The van der Waals surface area contributed by atoms with E-state index in [0.717, 1.165) is 51.1 Å². The zero-order valence-electron chi connectivity index (χ0n) is 13.0. The highest BCUT2D eigenvalue weighted by Gasteiger charge is 2.20. The maximum atomic E-state index is 12.5. The second kappa shape index (κ2) is 7.41. The number of hydrogen-bond acceptors (Lipinski definition) is 4. The van der Waals surface area contributed by atoms with Crippen LogP contribution in [0.25, 0.3) is 0 Å². The number of amides is 1. The highest BCUT2D eigenvalue weighted by molar-refractivity contribution is 5.94. The van der Waals surface area contributed by atoms with Gasteiger partial charge in [0.25, 0.3) is 5.91 Å². The summed E-state index contributed by atoms with van der Waals surface area (Å²) in [5.41, 5.74) is 7.32. The standard InChI is InChI=1S/C16H25N3O2/c1-3-5-14-8-13(9-15(17)18-14)16(20)19(2)10-12-6-4-7-21-11-12/h8-9,12H,3-7,10-11H2,1-2H3,(H2,17,18). The first kappa shape index (κ1) is 15.8. The van der Waals surface area contributed by atoms with Crippen LogP contribution in [0.2, 0.25) is 0 Å². The van der Waals surface area contributed by atoms with Crippen molar-refractivity contribution in [3.63, 3.8) is 0 Å². The van der Waals surface area contributed by atoms with Gasteiger partial charge in [0.15, 0.2) is 0 Å². The van der Waals surface area contributed by atoms with Crippen LogP contribution in [-0.2, 0) is 11.2 Å². The maximum Gasteiger partial charge on any atom is 0.253 e. The summed E-state index contributed by atoms with van der Waals surface area (Å²) < 4.78 is 5.47. The average Bonchev–Trinajstić information content (AvgIpc) is 2.47. The summed E-state index contributed by atoms with van der Waals surface area (Å²) in [4.78, 5) is 18.6. The fourth-order valence-electron chi connectivity index (χ4n) is 2.76. The summed E-state index contributed by atoms with van der Waals surface area (Å²) in [7, 11) is 1.84. The van der Waals surface area contributed by atoms with Crippen molar-refractivity contribution in [2.24, 2.45) is 5.92 Å². The molecule has 116 valence electrons. The number of aryl methyl sites for hydroxylation is 1. The predicted molar refractivity (Wildman–Crippen MR) is 83.1 cm³/mol. The van der Waals surface area contributed by atoms with Crippen molar-refractivity contribution in [1.82, 2.24) is 9.88 Å². The SMILES string of the molecule is CCCc1cc(C(=O)N(C)CC2CCCOC2)cc(N)n1. The number of ether oxygens (including phenoxy) is 1. The van der Waals surface area contributed by atoms with E-state index in [4.69, 9.17) is 10.5 Å². The number of nitrogens with zero attached hydrogens (tertiary/aromatic N) is 2. The fraction of sp³-hybridized carbons (Fsp3) is 0.625. The molecule has 1 fully saturated rings. The van der Waals surface area contributed by atoms with Crippen LogP contribution < -0.4 is 5.73 Å². The number of pyridine rings is 1. The molecule has 1 amide bonds. The van der Waals surface area contributed by atoms with E-state index in [1.54, 1.807) is 11.0 Å². The van der Waals surface area contributed by atoms with Gasteiger partial charge < -0.3 is 15.4 Å². The Kier molecular flexibility index (Phi) is 5.56. The van der Waals surface area contributed by atoms with Gasteiger partial charge in [0.2, 0.25) is 0 Å². The van der Waals surface area contributed by atoms with Crippen molar-refractivity contribution in [2.45, 2.75) is 32.6 Å². The van der Waals surface area contributed by atoms with Gasteiger partial charge in [-0.15, -0.1) is 0 Å². The Morgan fingerprint density at radius 1 is 1.52 bits per heavy atom. The van der Waals surface area contributed by atoms with Crippen molar-refractivity contribution >= 4 is 11.7 Å². The van der Waals surface area contributed by atoms with E-state index >= 15 is 0 Å². The normalized spacial score (nSPS) is 18.5. The lowest BCUT2D eigenvalue weighted by Gasteiger charge is -2.27. The smallest absolute Gasteiger partial charge is 0.253 e. The highest BCUT2D eigenvalue weighted by Crippen LogP contribution is 2.17. The van der Waals surface area contributed by atoms with Crippen LogP contribution >= 0.6 is 0 Å². The third kappa shape index (κ3) is 4.43. The minimum absolute atomic E-state index is 0.00651. The molecule has 1 aliphatic rings. The van der Waals surface area contributed by atoms with E-state index in [1.807, 2.05) is 13.1 Å². The van der Waals surface area contributed by atoms with Crippen LogP contribution in [0.3, 0.4) is 0 Å². The number of aromatic nitrogens is 1. The number of rotatable bonds is 5. The van der Waals surface area contributed by atoms with Gasteiger partial charge in [-0.05, 0) is 37.3 Å². The molecule has 5 heteroatoms. The Balaban J connectivity index is 2.03. The molecule has 21 heavy (non-hydrogen) atoms. The Bertz CT molecular complexity index is 484. The monoisotopic (exact) mass is 291 g/mol. The van der Waals surface area contributed by atoms with E-state index in [0.29, 0.717) is 17.3 Å². The van der Waals surface area contributed by atoms with E-state index in [2.05, 4.69) is 11.9 Å². The molecule has 0 radical (unpaired) electrons. The van der Waals surface area contributed by atoms with Crippen LogP contribution in [0, 0.1) is 5.92 Å². The van der Waals surface area contributed by atoms with Crippen LogP contribution in [0.4, 0.5) is 5.82 Å². The fourth-order valence-corrected chi connectivity index (χ4v) is 2.76. The van der Waals surface area contributed by atoms with Crippen LogP contribution in [-0.4, -0.2) is 42.6 Å². The summed E-state index contributed by atoms with van der Waals surface area (Å²) in [6.45, 7) is 4.40. The van der Waals surface area contributed by atoms with Crippen molar-refractivity contribution in [2.75, 3.05) is 32.5 Å². The summed E-state index contributed by atoms with van der Waals surface area (Å²) in [5.74, 6) is 0.854. The second-order valence-corrected chi connectivity index (χ2v) is 5.79. The lowest BCUT2D eigenvalue weighted by Crippen LogP contribution is -2.35. The van der Waals surface area contributed by atoms with E-state index in [-0.39, 0.29) is 5.91 Å². The lowest BCUT2D eigenvalue weighted by molar-refractivity contribution is 0.0388. The molecular formula is C16H25N3O2. The van der Waals surface area contributed by atoms with Gasteiger partial charge in [0.05, 0.1) is 6.61 Å². The third-order valence-electron chi connectivity index (χ3n) is 3.78. The number of anilines is 1. The zero-order valence-corrected chi connectivity index (χ0v) is 13.0. The summed E-state index contributed by atoms with van der Waals surface area (Å²) >= 11 is 0. The third-order valence-corrected chi connectivity index (χ3v) is 3.78. The molecule has 0 aliphatic carbocycles. The molecule has 0 saturated carbocycles. The van der Waals surface area contributed by atoms with Crippen molar-refractivity contribution in [3.8, 4) is 0 Å². The molecular weight excluding hydrogens is 266 g/mol. The Hall–Kier alpha value is -1.62. The molecule has 5 nitrogen and oxygen atoms in total. The molecule has 1 saturated heterocycles. The Morgan fingerprint density at radius 2 is 2.33 bits per heavy atom. The highest BCUT2D eigenvalue weighted by atomic mass is 16.5. The van der Waals surface area contributed by atoms with Gasteiger partial charge in [-0.1, -0.05) is 13.3 Å². The predicted octanol–water partition coefficient (Wildman–Crippen LogP) is 2.11. The van der Waals surface area contributed by atoms with Crippen molar-refractivity contribution in [1.29, 1.82) is 0 Å². The quantitative estimate of drug-likeness (QED) is 0.902. The molecule has 2 heterocycles. The molecule has 1 atom stereocenters. The first-order valence-corrected chi connectivity index (χ1v) is 7.69. The van der Waals surface area contributed by atoms with Gasteiger partial charge in [-0.25, -0.2) is 4.98 Å². The molecule has 1 aromatic rings. The van der Waals surface area contributed by atoms with Gasteiger partial charge in [0, 0.05) is 31.5 Å². The first-order valence-electron chi connectivity index (χ1n) is 7.69. The maximum absolute atomic E-state index is 12.5. The van der Waals surface area contributed by atoms with Crippen molar-refractivity contribution in [3.05, 3.63) is 23.4 Å². The number of hydrogen-bond donors (Lipinski definition) is 1. The number of nitrogen functional groups attached to an aromatic ring is 1. The minimum Gasteiger partial charge on any atom is -0.384 e. The number of nitrogens with two attached hydrogens (primary N) is 1. The number of carbonyl (C=O) groups is 1. The van der Waals surface area contributed by atoms with Crippen LogP contribution in [0.5, 0.6) is 0 Å². The van der Waals surface area contributed by atoms with Crippen molar-refractivity contribution < 1.29 is 9.53 Å². The molecule has 1 unspecified atom stereocenters. The van der Waals surface area contributed by atoms with Gasteiger partial charge in [-0.3, -0.25) is 4.79 Å². The van der Waals surface area contributed by atoms with Gasteiger partial charge in [-0.2, -0.15) is 0 Å².